The third kappa shape index (κ3) is 6.96. The second-order valence-electron chi connectivity index (χ2n) is 6.75. The van der Waals surface area contributed by atoms with Crippen LogP contribution in [0.25, 0.3) is 0 Å². The van der Waals surface area contributed by atoms with E-state index >= 15 is 0 Å². The molecule has 29 heavy (non-hydrogen) atoms. The van der Waals surface area contributed by atoms with Gasteiger partial charge in [0.2, 0.25) is 0 Å². The van der Waals surface area contributed by atoms with Crippen molar-refractivity contribution in [3.8, 4) is 0 Å². The summed E-state index contributed by atoms with van der Waals surface area (Å²) in [7, 11) is 0. The van der Waals surface area contributed by atoms with Gasteiger partial charge in [0.05, 0.1) is 17.1 Å². The predicted molar refractivity (Wildman–Crippen MR) is 122 cm³/mol. The molecule has 0 unspecified atom stereocenters. The van der Waals surface area contributed by atoms with Crippen molar-refractivity contribution < 1.29 is 9.18 Å². The molecule has 0 saturated carbocycles. The van der Waals surface area contributed by atoms with E-state index in [2.05, 4.69) is 17.0 Å². The number of nitrogens with zero attached hydrogens (tertiary/aromatic N) is 1. The topological polar surface area (TPSA) is 41.5 Å². The molecule has 154 valence electrons. The standard InChI is InChI=1S/C22H23Cl2FN2OS/c1-14(2)10-18(12-28)29-13-27-22(16-6-9-19(24)20(25)11-16)21(26-3)15-4-7-17(23)8-5-15/h4-12,14,21-22,27H,3,13H2,1-2H3/b18-10+/t21-,22+/m0/s1. The van der Waals surface area contributed by atoms with Crippen LogP contribution in [0.2, 0.25) is 10.0 Å². The fraction of sp³-hybridized carbons (Fsp3) is 0.273. The van der Waals surface area contributed by atoms with E-state index in [1.165, 1.54) is 23.9 Å². The number of hydrogen-bond acceptors (Lipinski definition) is 4. The zero-order valence-electron chi connectivity index (χ0n) is 16.2. The van der Waals surface area contributed by atoms with Crippen LogP contribution in [0.15, 0.2) is 58.4 Å². The number of allylic oxidation sites excluding steroid dienone is 2. The molecule has 2 aromatic carbocycles. The largest absolute Gasteiger partial charge is 0.298 e. The number of carbonyl (C=O) groups excluding carboxylic acids is 1. The molecule has 0 radical (unpaired) electrons. The van der Waals surface area contributed by atoms with Gasteiger partial charge in [0.1, 0.15) is 5.82 Å². The highest BCUT2D eigenvalue weighted by Gasteiger charge is 2.24. The van der Waals surface area contributed by atoms with Gasteiger partial charge in [-0.1, -0.05) is 61.3 Å². The highest BCUT2D eigenvalue weighted by Crippen LogP contribution is 2.34. The second kappa shape index (κ2) is 11.5. The summed E-state index contributed by atoms with van der Waals surface area (Å²) < 4.78 is 14.1. The van der Waals surface area contributed by atoms with Crippen LogP contribution in [0.4, 0.5) is 4.39 Å². The number of benzene rings is 2. The van der Waals surface area contributed by atoms with Gasteiger partial charge in [-0.05, 0) is 48.0 Å². The quantitative estimate of drug-likeness (QED) is 0.190. The van der Waals surface area contributed by atoms with E-state index in [-0.39, 0.29) is 23.0 Å². The molecule has 0 saturated heterocycles. The third-order valence-corrected chi connectivity index (χ3v) is 5.62. The fourth-order valence-corrected chi connectivity index (χ4v) is 3.96. The van der Waals surface area contributed by atoms with Crippen LogP contribution in [-0.2, 0) is 4.79 Å². The Morgan fingerprint density at radius 1 is 1.21 bits per heavy atom. The Hall–Kier alpha value is -1.66. The SMILES string of the molecule is C=N[C@@H](c1ccc(Cl)cc1)[C@H](NCS/C(C=O)=C/C(C)C)c1ccc(Cl)c(F)c1. The van der Waals surface area contributed by atoms with Gasteiger partial charge in [-0.3, -0.25) is 15.1 Å². The summed E-state index contributed by atoms with van der Waals surface area (Å²) in [5, 5.41) is 4.04. The Morgan fingerprint density at radius 2 is 1.86 bits per heavy atom. The number of aldehydes is 1. The molecule has 2 rings (SSSR count). The van der Waals surface area contributed by atoms with E-state index in [0.717, 1.165) is 11.8 Å². The molecule has 2 aromatic rings. The monoisotopic (exact) mass is 452 g/mol. The molecule has 0 aromatic heterocycles. The maximum atomic E-state index is 14.1. The van der Waals surface area contributed by atoms with Crippen LogP contribution in [0.5, 0.6) is 0 Å². The molecule has 0 spiro atoms. The van der Waals surface area contributed by atoms with Crippen molar-refractivity contribution >= 4 is 48.0 Å². The van der Waals surface area contributed by atoms with Crippen molar-refractivity contribution in [2.45, 2.75) is 25.9 Å². The minimum Gasteiger partial charge on any atom is -0.298 e. The molecule has 1 N–H and O–H groups in total. The van der Waals surface area contributed by atoms with Crippen molar-refractivity contribution in [1.82, 2.24) is 5.32 Å². The van der Waals surface area contributed by atoms with E-state index in [0.29, 0.717) is 21.4 Å². The maximum absolute atomic E-state index is 14.1. The van der Waals surface area contributed by atoms with Gasteiger partial charge < -0.3 is 0 Å². The molecule has 0 fully saturated rings. The van der Waals surface area contributed by atoms with Crippen LogP contribution >= 0.6 is 35.0 Å². The van der Waals surface area contributed by atoms with Crippen LogP contribution < -0.4 is 5.32 Å². The van der Waals surface area contributed by atoms with Crippen molar-refractivity contribution in [3.63, 3.8) is 0 Å². The smallest absolute Gasteiger partial charge is 0.156 e. The molecule has 7 heteroatoms. The zero-order valence-corrected chi connectivity index (χ0v) is 18.6. The minimum atomic E-state index is -0.504. The molecule has 3 nitrogen and oxygen atoms in total. The highest BCUT2D eigenvalue weighted by atomic mass is 35.5. The lowest BCUT2D eigenvalue weighted by molar-refractivity contribution is -0.104. The molecule has 0 aliphatic carbocycles. The van der Waals surface area contributed by atoms with Gasteiger partial charge in [-0.2, -0.15) is 0 Å². The van der Waals surface area contributed by atoms with Gasteiger partial charge in [-0.15, -0.1) is 11.8 Å². The van der Waals surface area contributed by atoms with E-state index < -0.39 is 5.82 Å². The van der Waals surface area contributed by atoms with Gasteiger partial charge in [0.15, 0.2) is 6.29 Å². The Balaban J connectivity index is 2.31. The number of thioether (sulfide) groups is 1. The van der Waals surface area contributed by atoms with E-state index in [1.807, 2.05) is 32.1 Å². The molecule has 0 aliphatic rings. The number of carbonyl (C=O) groups is 1. The Kier molecular flexibility index (Phi) is 9.37. The predicted octanol–water partition coefficient (Wildman–Crippen LogP) is 6.63. The van der Waals surface area contributed by atoms with Crippen LogP contribution in [0.3, 0.4) is 0 Å². The van der Waals surface area contributed by atoms with Crippen molar-refractivity contribution in [2.24, 2.45) is 10.9 Å². The van der Waals surface area contributed by atoms with E-state index in [1.54, 1.807) is 18.2 Å². The molecule has 2 atom stereocenters. The molecule has 0 aliphatic heterocycles. The van der Waals surface area contributed by atoms with Crippen molar-refractivity contribution in [3.05, 3.63) is 80.4 Å². The lowest BCUT2D eigenvalue weighted by Gasteiger charge is -2.26. The summed E-state index contributed by atoms with van der Waals surface area (Å²) in [6.07, 6.45) is 2.74. The number of hydrogen-bond donors (Lipinski definition) is 1. The molecule has 0 amide bonds. The first kappa shape index (κ1) is 23.6. The summed E-state index contributed by atoms with van der Waals surface area (Å²) >= 11 is 13.2. The Bertz CT molecular complexity index is 872. The number of nitrogens with one attached hydrogen (secondary N) is 1. The van der Waals surface area contributed by atoms with Gasteiger partial charge in [-0.25, -0.2) is 4.39 Å². The van der Waals surface area contributed by atoms with Crippen LogP contribution in [0, 0.1) is 11.7 Å². The zero-order chi connectivity index (χ0) is 21.4. The molecule has 0 bridgehead atoms. The number of halogens is 3. The minimum absolute atomic E-state index is 0.0552. The molecule has 0 heterocycles. The summed E-state index contributed by atoms with van der Waals surface area (Å²) in [6.45, 7) is 7.75. The van der Waals surface area contributed by atoms with Crippen molar-refractivity contribution in [2.75, 3.05) is 5.88 Å². The van der Waals surface area contributed by atoms with E-state index in [9.17, 15) is 9.18 Å². The molecular formula is C22H23Cl2FN2OS. The first-order chi connectivity index (χ1) is 13.8. The Morgan fingerprint density at radius 3 is 2.41 bits per heavy atom. The number of rotatable bonds is 10. The number of aliphatic imine (C=N–C) groups is 1. The average molecular weight is 453 g/mol. The Labute approximate surface area is 185 Å². The first-order valence-electron chi connectivity index (χ1n) is 9.05. The first-order valence-corrected chi connectivity index (χ1v) is 10.8. The van der Waals surface area contributed by atoms with Gasteiger partial charge in [0, 0.05) is 15.8 Å². The van der Waals surface area contributed by atoms with Crippen molar-refractivity contribution in [1.29, 1.82) is 0 Å². The summed E-state index contributed by atoms with van der Waals surface area (Å²) in [5.74, 6) is 0.197. The van der Waals surface area contributed by atoms with Gasteiger partial charge in [0.25, 0.3) is 0 Å². The summed E-state index contributed by atoms with van der Waals surface area (Å²) in [6, 6.07) is 11.2. The van der Waals surface area contributed by atoms with E-state index in [4.69, 9.17) is 23.2 Å². The van der Waals surface area contributed by atoms with Crippen LogP contribution in [0.1, 0.15) is 37.1 Å². The lowest BCUT2D eigenvalue weighted by atomic mass is 9.94. The third-order valence-electron chi connectivity index (χ3n) is 4.18. The van der Waals surface area contributed by atoms with Gasteiger partial charge >= 0.3 is 0 Å². The fourth-order valence-electron chi connectivity index (χ4n) is 2.85. The maximum Gasteiger partial charge on any atom is 0.156 e. The highest BCUT2D eigenvalue weighted by molar-refractivity contribution is 8.03. The summed E-state index contributed by atoms with van der Waals surface area (Å²) in [4.78, 5) is 16.2. The average Bonchev–Trinajstić information content (AvgIpc) is 2.69. The van der Waals surface area contributed by atoms with Crippen LogP contribution in [-0.4, -0.2) is 18.9 Å². The summed E-state index contributed by atoms with van der Waals surface area (Å²) in [5.41, 5.74) is 1.57. The normalized spacial score (nSPS) is 13.9. The molecular weight excluding hydrogens is 430 g/mol. The lowest BCUT2D eigenvalue weighted by Crippen LogP contribution is -2.26. The second-order valence-corrected chi connectivity index (χ2v) is 8.65.